The zero-order valence-corrected chi connectivity index (χ0v) is 9.82. The van der Waals surface area contributed by atoms with E-state index in [-0.39, 0.29) is 13.0 Å². The van der Waals surface area contributed by atoms with E-state index in [9.17, 15) is 14.4 Å². The van der Waals surface area contributed by atoms with Crippen molar-refractivity contribution in [2.75, 3.05) is 11.4 Å². The molecule has 4 nitrogen and oxygen atoms in total. The summed E-state index contributed by atoms with van der Waals surface area (Å²) in [4.78, 5) is 35.4. The summed E-state index contributed by atoms with van der Waals surface area (Å²) in [5, 5.41) is 0. The SMILES string of the molecule is Cc1cc(C)c2c(c1)C(=O)C(=O)N2CCC=O. The Kier molecular flexibility index (Phi) is 2.79. The highest BCUT2D eigenvalue weighted by Crippen LogP contribution is 2.33. The van der Waals surface area contributed by atoms with E-state index in [0.29, 0.717) is 11.3 Å². The number of fused-ring (bicyclic) bond motifs is 1. The molecule has 1 amide bonds. The number of nitrogens with zero attached hydrogens (tertiary/aromatic N) is 1. The molecule has 0 bridgehead atoms. The predicted octanol–water partition coefficient (Wildman–Crippen LogP) is 1.42. The number of amides is 1. The van der Waals surface area contributed by atoms with Crippen molar-refractivity contribution in [3.8, 4) is 0 Å². The zero-order chi connectivity index (χ0) is 12.6. The molecule has 0 saturated carbocycles. The lowest BCUT2D eigenvalue weighted by molar-refractivity contribution is -0.114. The van der Waals surface area contributed by atoms with Crippen molar-refractivity contribution >= 4 is 23.7 Å². The van der Waals surface area contributed by atoms with Gasteiger partial charge in [-0.1, -0.05) is 6.07 Å². The van der Waals surface area contributed by atoms with Crippen molar-refractivity contribution in [3.63, 3.8) is 0 Å². The van der Waals surface area contributed by atoms with E-state index in [2.05, 4.69) is 0 Å². The number of benzene rings is 1. The lowest BCUT2D eigenvalue weighted by Gasteiger charge is -2.17. The number of aryl methyl sites for hydroxylation is 2. The second-order valence-corrected chi connectivity index (χ2v) is 4.22. The molecule has 88 valence electrons. The third kappa shape index (κ3) is 1.75. The number of carbonyl (C=O) groups excluding carboxylic acids is 3. The first-order chi connectivity index (χ1) is 8.06. The molecule has 1 aliphatic heterocycles. The van der Waals surface area contributed by atoms with Crippen LogP contribution in [0.25, 0.3) is 0 Å². The highest BCUT2D eigenvalue weighted by molar-refractivity contribution is 6.52. The molecule has 0 saturated heterocycles. The van der Waals surface area contributed by atoms with Crippen LogP contribution in [-0.2, 0) is 9.59 Å². The summed E-state index contributed by atoms with van der Waals surface area (Å²) in [6, 6.07) is 3.65. The van der Waals surface area contributed by atoms with Gasteiger partial charge in [0, 0.05) is 13.0 Å². The van der Waals surface area contributed by atoms with Crippen LogP contribution in [0.4, 0.5) is 5.69 Å². The summed E-state index contributed by atoms with van der Waals surface area (Å²) < 4.78 is 0. The van der Waals surface area contributed by atoms with E-state index >= 15 is 0 Å². The van der Waals surface area contributed by atoms with Crippen LogP contribution in [0.3, 0.4) is 0 Å². The standard InChI is InChI=1S/C13H13NO3/c1-8-6-9(2)11-10(7-8)12(16)13(17)14(11)4-3-5-15/h5-7H,3-4H2,1-2H3. The summed E-state index contributed by atoms with van der Waals surface area (Å²) in [6.07, 6.45) is 0.991. The molecule has 0 unspecified atom stereocenters. The van der Waals surface area contributed by atoms with Gasteiger partial charge in [-0.15, -0.1) is 0 Å². The van der Waals surface area contributed by atoms with Crippen LogP contribution in [-0.4, -0.2) is 24.5 Å². The molecular formula is C13H13NO3. The number of Topliss-reactive ketones (excluding diaryl/α,β-unsaturated/α-hetero) is 1. The number of aldehydes is 1. The third-order valence-electron chi connectivity index (χ3n) is 2.87. The maximum Gasteiger partial charge on any atom is 0.299 e. The summed E-state index contributed by atoms with van der Waals surface area (Å²) in [5.74, 6) is -1.01. The van der Waals surface area contributed by atoms with Gasteiger partial charge in [0.1, 0.15) is 6.29 Å². The fraction of sp³-hybridized carbons (Fsp3) is 0.308. The van der Waals surface area contributed by atoms with E-state index in [1.807, 2.05) is 19.9 Å². The molecule has 1 aromatic carbocycles. The Morgan fingerprint density at radius 1 is 1.24 bits per heavy atom. The maximum atomic E-state index is 11.8. The lowest BCUT2D eigenvalue weighted by atomic mass is 10.0. The van der Waals surface area contributed by atoms with Crippen molar-refractivity contribution in [2.45, 2.75) is 20.3 Å². The Morgan fingerprint density at radius 2 is 1.94 bits per heavy atom. The van der Waals surface area contributed by atoms with Crippen LogP contribution >= 0.6 is 0 Å². The van der Waals surface area contributed by atoms with Gasteiger partial charge in [0.2, 0.25) is 0 Å². The Morgan fingerprint density at radius 3 is 2.59 bits per heavy atom. The number of carbonyl (C=O) groups is 3. The largest absolute Gasteiger partial charge is 0.304 e. The van der Waals surface area contributed by atoms with E-state index in [4.69, 9.17) is 0 Å². The topological polar surface area (TPSA) is 54.5 Å². The zero-order valence-electron chi connectivity index (χ0n) is 9.82. The number of anilines is 1. The average Bonchev–Trinajstić information content (AvgIpc) is 2.51. The van der Waals surface area contributed by atoms with Crippen molar-refractivity contribution in [1.82, 2.24) is 0 Å². The Bertz CT molecular complexity index is 520. The van der Waals surface area contributed by atoms with Gasteiger partial charge < -0.3 is 9.69 Å². The van der Waals surface area contributed by atoms with Crippen LogP contribution in [0, 0.1) is 13.8 Å². The third-order valence-corrected chi connectivity index (χ3v) is 2.87. The van der Waals surface area contributed by atoms with Gasteiger partial charge in [-0.25, -0.2) is 0 Å². The molecule has 0 atom stereocenters. The van der Waals surface area contributed by atoms with E-state index in [0.717, 1.165) is 17.4 Å². The molecule has 2 rings (SSSR count). The average molecular weight is 231 g/mol. The Balaban J connectivity index is 2.52. The Hall–Kier alpha value is -1.97. The molecule has 0 aromatic heterocycles. The first-order valence-corrected chi connectivity index (χ1v) is 5.47. The minimum absolute atomic E-state index is 0.242. The van der Waals surface area contributed by atoms with Crippen LogP contribution in [0.5, 0.6) is 0 Å². The van der Waals surface area contributed by atoms with Gasteiger partial charge in [-0.05, 0) is 31.0 Å². The van der Waals surface area contributed by atoms with Gasteiger partial charge >= 0.3 is 0 Å². The van der Waals surface area contributed by atoms with Crippen molar-refractivity contribution < 1.29 is 14.4 Å². The molecule has 1 aliphatic rings. The summed E-state index contributed by atoms with van der Waals surface area (Å²) in [7, 11) is 0. The summed E-state index contributed by atoms with van der Waals surface area (Å²) in [6.45, 7) is 4.02. The van der Waals surface area contributed by atoms with Crippen molar-refractivity contribution in [3.05, 3.63) is 28.8 Å². The van der Waals surface area contributed by atoms with Gasteiger partial charge in [0.05, 0.1) is 11.3 Å². The smallest absolute Gasteiger partial charge is 0.299 e. The molecule has 0 fully saturated rings. The molecule has 1 aromatic rings. The van der Waals surface area contributed by atoms with Crippen molar-refractivity contribution in [2.24, 2.45) is 0 Å². The van der Waals surface area contributed by atoms with Gasteiger partial charge in [-0.3, -0.25) is 9.59 Å². The second-order valence-electron chi connectivity index (χ2n) is 4.22. The molecule has 1 heterocycles. The highest BCUT2D eigenvalue weighted by atomic mass is 16.2. The molecule has 0 spiro atoms. The molecule has 0 N–H and O–H groups in total. The first-order valence-electron chi connectivity index (χ1n) is 5.47. The summed E-state index contributed by atoms with van der Waals surface area (Å²) >= 11 is 0. The second kappa shape index (κ2) is 4.13. The molecule has 4 heteroatoms. The highest BCUT2D eigenvalue weighted by Gasteiger charge is 2.36. The number of ketones is 1. The minimum Gasteiger partial charge on any atom is -0.304 e. The monoisotopic (exact) mass is 231 g/mol. The van der Waals surface area contributed by atoms with Crippen LogP contribution in [0.15, 0.2) is 12.1 Å². The fourth-order valence-corrected chi connectivity index (χ4v) is 2.23. The van der Waals surface area contributed by atoms with Crippen LogP contribution < -0.4 is 4.90 Å². The molecule has 0 radical (unpaired) electrons. The van der Waals surface area contributed by atoms with Gasteiger partial charge in [0.25, 0.3) is 11.7 Å². The lowest BCUT2D eigenvalue weighted by Crippen LogP contribution is -2.31. The minimum atomic E-state index is -0.532. The van der Waals surface area contributed by atoms with E-state index < -0.39 is 11.7 Å². The van der Waals surface area contributed by atoms with Crippen LogP contribution in [0.1, 0.15) is 27.9 Å². The van der Waals surface area contributed by atoms with Gasteiger partial charge in [-0.2, -0.15) is 0 Å². The predicted molar refractivity (Wildman–Crippen MR) is 63.3 cm³/mol. The van der Waals surface area contributed by atoms with E-state index in [1.54, 1.807) is 6.07 Å². The molecule has 0 aliphatic carbocycles. The number of rotatable bonds is 3. The van der Waals surface area contributed by atoms with Gasteiger partial charge in [0.15, 0.2) is 0 Å². The number of hydrogen-bond donors (Lipinski definition) is 0. The fourth-order valence-electron chi connectivity index (χ4n) is 2.23. The van der Waals surface area contributed by atoms with Crippen molar-refractivity contribution in [1.29, 1.82) is 0 Å². The first kappa shape index (κ1) is 11.5. The molecular weight excluding hydrogens is 218 g/mol. The number of hydrogen-bond acceptors (Lipinski definition) is 3. The summed E-state index contributed by atoms with van der Waals surface area (Å²) in [5.41, 5.74) is 2.97. The molecule has 17 heavy (non-hydrogen) atoms. The Labute approximate surface area is 99.2 Å². The van der Waals surface area contributed by atoms with E-state index in [1.165, 1.54) is 4.90 Å². The maximum absolute atomic E-state index is 11.8. The normalized spacial score (nSPS) is 14.1. The quantitative estimate of drug-likeness (QED) is 0.584. The van der Waals surface area contributed by atoms with Crippen LogP contribution in [0.2, 0.25) is 0 Å².